The second-order valence-electron chi connectivity index (χ2n) is 6.79. The number of carbonyl (C=O) groups excluding carboxylic acids is 1. The van der Waals surface area contributed by atoms with Crippen LogP contribution in [0, 0.1) is 0 Å². The molecule has 1 N–H and O–H groups in total. The Morgan fingerprint density at radius 1 is 1.23 bits per heavy atom. The fourth-order valence-electron chi connectivity index (χ4n) is 3.10. The summed E-state index contributed by atoms with van der Waals surface area (Å²) in [6, 6.07) is 12.2. The first-order valence-electron chi connectivity index (χ1n) is 9.53. The number of anilines is 1. The van der Waals surface area contributed by atoms with Crippen molar-refractivity contribution in [1.82, 2.24) is 4.31 Å². The number of hydrogen-bond donors (Lipinski definition) is 1. The molecule has 0 bridgehead atoms. The van der Waals surface area contributed by atoms with Gasteiger partial charge in [-0.05, 0) is 29.8 Å². The molecule has 0 unspecified atom stereocenters. The topological polar surface area (TPSA) is 88.1 Å². The molecule has 0 saturated carbocycles. The van der Waals surface area contributed by atoms with Gasteiger partial charge in [0.1, 0.15) is 4.38 Å². The summed E-state index contributed by atoms with van der Waals surface area (Å²) in [4.78, 5) is 17.2. The Bertz CT molecular complexity index is 1120. The number of ether oxygens (including phenoxy) is 1. The summed E-state index contributed by atoms with van der Waals surface area (Å²) in [5, 5.41) is 3.00. The van der Waals surface area contributed by atoms with E-state index in [0.717, 1.165) is 15.8 Å². The Morgan fingerprint density at radius 3 is 2.81 bits per heavy atom. The van der Waals surface area contributed by atoms with Gasteiger partial charge in [0.15, 0.2) is 0 Å². The van der Waals surface area contributed by atoms with Gasteiger partial charge in [0.05, 0.1) is 40.3 Å². The number of nitrogens with zero attached hydrogens (tertiary/aromatic N) is 2. The summed E-state index contributed by atoms with van der Waals surface area (Å²) >= 11 is 9.14. The van der Waals surface area contributed by atoms with E-state index in [0.29, 0.717) is 26.3 Å². The number of benzene rings is 2. The van der Waals surface area contributed by atoms with Crippen molar-refractivity contribution in [2.24, 2.45) is 4.99 Å². The van der Waals surface area contributed by atoms with Gasteiger partial charge in [0.2, 0.25) is 15.9 Å². The fourth-order valence-corrected chi connectivity index (χ4v) is 6.56. The van der Waals surface area contributed by atoms with Crippen molar-refractivity contribution in [1.29, 1.82) is 0 Å². The molecule has 1 fully saturated rings. The lowest BCUT2D eigenvalue weighted by molar-refractivity contribution is -0.113. The smallest absolute Gasteiger partial charge is 0.243 e. The molecule has 2 aromatic rings. The number of rotatable bonds is 5. The zero-order chi connectivity index (χ0) is 21.8. The van der Waals surface area contributed by atoms with Gasteiger partial charge in [-0.15, -0.1) is 0 Å². The van der Waals surface area contributed by atoms with Crippen LogP contribution in [0.5, 0.6) is 0 Å². The number of nitrogens with one attached hydrogen (secondary N) is 1. The van der Waals surface area contributed by atoms with Crippen molar-refractivity contribution in [3.8, 4) is 0 Å². The van der Waals surface area contributed by atoms with Crippen LogP contribution in [0.1, 0.15) is 5.56 Å². The second kappa shape index (κ2) is 9.93. The number of aliphatic imine (C=N–C) groups is 1. The molecule has 1 amide bonds. The molecular formula is C20H20ClN3O4S3. The summed E-state index contributed by atoms with van der Waals surface area (Å²) in [7, 11) is -3.68. The number of hydrogen-bond acceptors (Lipinski definition) is 7. The lowest BCUT2D eigenvalue weighted by Gasteiger charge is -2.26. The average Bonchev–Trinajstić information content (AvgIpc) is 2.79. The number of fused-ring (bicyclic) bond motifs is 1. The molecule has 2 aromatic carbocycles. The SMILES string of the molecule is O=C(CSC1=Nc2ccccc2CS1)Nc1cc(S(=O)(=O)N2CCOCC2)ccc1Cl. The lowest BCUT2D eigenvalue weighted by atomic mass is 10.2. The largest absolute Gasteiger partial charge is 0.379 e. The molecule has 2 aliphatic rings. The summed E-state index contributed by atoms with van der Waals surface area (Å²) in [6.07, 6.45) is 0. The van der Waals surface area contributed by atoms with E-state index >= 15 is 0 Å². The van der Waals surface area contributed by atoms with Gasteiger partial charge in [-0.2, -0.15) is 4.31 Å². The first-order chi connectivity index (χ1) is 14.9. The zero-order valence-corrected chi connectivity index (χ0v) is 19.6. The summed E-state index contributed by atoms with van der Waals surface area (Å²) in [5.41, 5.74) is 2.37. The third-order valence-corrected chi connectivity index (χ3v) is 9.17. The third kappa shape index (κ3) is 5.44. The van der Waals surface area contributed by atoms with E-state index in [1.54, 1.807) is 11.8 Å². The van der Waals surface area contributed by atoms with Crippen LogP contribution in [0.2, 0.25) is 5.02 Å². The molecular weight excluding hydrogens is 478 g/mol. The predicted molar refractivity (Wildman–Crippen MR) is 127 cm³/mol. The van der Waals surface area contributed by atoms with Gasteiger partial charge in [-0.1, -0.05) is 53.3 Å². The van der Waals surface area contributed by atoms with Crippen LogP contribution < -0.4 is 5.32 Å². The van der Waals surface area contributed by atoms with E-state index in [9.17, 15) is 13.2 Å². The number of halogens is 1. The van der Waals surface area contributed by atoms with Crippen LogP contribution >= 0.6 is 35.1 Å². The molecule has 31 heavy (non-hydrogen) atoms. The highest BCUT2D eigenvalue weighted by atomic mass is 35.5. The molecule has 164 valence electrons. The van der Waals surface area contributed by atoms with Crippen molar-refractivity contribution in [3.05, 3.63) is 53.1 Å². The predicted octanol–water partition coefficient (Wildman–Crippen LogP) is 3.97. The molecule has 0 atom stereocenters. The summed E-state index contributed by atoms with van der Waals surface area (Å²) in [6.45, 7) is 1.32. The van der Waals surface area contributed by atoms with Crippen LogP contribution in [0.15, 0.2) is 52.4 Å². The average molecular weight is 498 g/mol. The number of para-hydroxylation sites is 1. The highest BCUT2D eigenvalue weighted by molar-refractivity contribution is 8.38. The van der Waals surface area contributed by atoms with Gasteiger partial charge in [-0.3, -0.25) is 4.79 Å². The number of sulfonamides is 1. The van der Waals surface area contributed by atoms with E-state index in [-0.39, 0.29) is 27.3 Å². The van der Waals surface area contributed by atoms with E-state index < -0.39 is 10.0 Å². The highest BCUT2D eigenvalue weighted by Gasteiger charge is 2.27. The Kier molecular flexibility index (Phi) is 7.25. The molecule has 0 radical (unpaired) electrons. The van der Waals surface area contributed by atoms with Crippen LogP contribution in [0.3, 0.4) is 0 Å². The van der Waals surface area contributed by atoms with Crippen molar-refractivity contribution in [2.45, 2.75) is 10.6 Å². The summed E-state index contributed by atoms with van der Waals surface area (Å²) < 4.78 is 33.1. The molecule has 11 heteroatoms. The van der Waals surface area contributed by atoms with Gasteiger partial charge in [0, 0.05) is 18.8 Å². The van der Waals surface area contributed by atoms with E-state index in [1.165, 1.54) is 39.8 Å². The van der Waals surface area contributed by atoms with E-state index in [2.05, 4.69) is 10.3 Å². The van der Waals surface area contributed by atoms with Crippen molar-refractivity contribution >= 4 is 66.8 Å². The first-order valence-corrected chi connectivity index (χ1v) is 13.3. The normalized spacial score (nSPS) is 17.0. The van der Waals surface area contributed by atoms with Crippen LogP contribution in [0.25, 0.3) is 0 Å². The van der Waals surface area contributed by atoms with E-state index in [4.69, 9.17) is 16.3 Å². The van der Waals surface area contributed by atoms with E-state index in [1.807, 2.05) is 24.3 Å². The van der Waals surface area contributed by atoms with Gasteiger partial charge in [-0.25, -0.2) is 13.4 Å². The maximum Gasteiger partial charge on any atom is 0.243 e. The maximum absolute atomic E-state index is 12.9. The van der Waals surface area contributed by atoms with Crippen LogP contribution in [-0.2, 0) is 25.3 Å². The molecule has 7 nitrogen and oxygen atoms in total. The van der Waals surface area contributed by atoms with Crippen molar-refractivity contribution < 1.29 is 17.9 Å². The second-order valence-corrected chi connectivity index (χ2v) is 11.3. The molecule has 0 aromatic heterocycles. The Morgan fingerprint density at radius 2 is 2.00 bits per heavy atom. The molecule has 0 spiro atoms. The molecule has 1 saturated heterocycles. The lowest BCUT2D eigenvalue weighted by Crippen LogP contribution is -2.40. The summed E-state index contributed by atoms with van der Waals surface area (Å²) in [5.74, 6) is 0.678. The van der Waals surface area contributed by atoms with Gasteiger partial charge in [0.25, 0.3) is 0 Å². The maximum atomic E-state index is 12.9. The first kappa shape index (κ1) is 22.6. The zero-order valence-electron chi connectivity index (χ0n) is 16.4. The molecule has 2 heterocycles. The highest BCUT2D eigenvalue weighted by Crippen LogP contribution is 2.34. The minimum Gasteiger partial charge on any atom is -0.379 e. The Hall–Kier alpha value is -1.56. The standard InChI is InChI=1S/C20H20ClN3O4S3/c21-16-6-5-15(31(26,27)24-7-9-28-10-8-24)11-18(16)22-19(25)13-30-20-23-17-4-2-1-3-14(17)12-29-20/h1-6,11H,7-10,12-13H2,(H,22,25). The Balaban J connectivity index is 1.41. The quantitative estimate of drug-likeness (QED) is 0.672. The monoisotopic (exact) mass is 497 g/mol. The number of amides is 1. The number of thioether (sulfide) groups is 2. The van der Waals surface area contributed by atoms with Crippen molar-refractivity contribution in [3.63, 3.8) is 0 Å². The van der Waals surface area contributed by atoms with Crippen LogP contribution in [0.4, 0.5) is 11.4 Å². The number of carbonyl (C=O) groups is 1. The third-order valence-electron chi connectivity index (χ3n) is 4.70. The molecule has 0 aliphatic carbocycles. The molecule has 4 rings (SSSR count). The molecule has 2 aliphatic heterocycles. The van der Waals surface area contributed by atoms with Crippen molar-refractivity contribution in [2.75, 3.05) is 37.4 Å². The minimum atomic E-state index is -3.68. The minimum absolute atomic E-state index is 0.0885. The Labute approximate surface area is 194 Å². The van der Waals surface area contributed by atoms with Gasteiger partial charge < -0.3 is 10.1 Å². The van der Waals surface area contributed by atoms with Gasteiger partial charge >= 0.3 is 0 Å². The fraction of sp³-hybridized carbons (Fsp3) is 0.300. The van der Waals surface area contributed by atoms with Crippen LogP contribution in [-0.4, -0.2) is 55.1 Å². The number of morpholine rings is 1.